The van der Waals surface area contributed by atoms with Crippen molar-refractivity contribution in [2.75, 3.05) is 0 Å². The van der Waals surface area contributed by atoms with Gasteiger partial charge in [0, 0.05) is 12.0 Å². The van der Waals surface area contributed by atoms with Crippen LogP contribution < -0.4 is 9.47 Å². The van der Waals surface area contributed by atoms with Gasteiger partial charge in [-0.2, -0.15) is 0 Å². The molecule has 0 aliphatic heterocycles. The SMILES string of the molecule is CCC(=S)Oc1cccc(CO)c1COc1ccc(C)cc1C. The highest BCUT2D eigenvalue weighted by atomic mass is 32.1. The molecule has 4 heteroatoms. The zero-order valence-corrected chi connectivity index (χ0v) is 14.6. The second-order valence-corrected chi connectivity index (χ2v) is 5.89. The monoisotopic (exact) mass is 330 g/mol. The standard InChI is InChI=1S/C19H22O3S/c1-4-19(23)22-18-7-5-6-15(11-20)16(18)12-21-17-9-8-13(2)10-14(17)3/h5-10,20H,4,11-12H2,1-3H3. The number of aliphatic hydroxyl groups excluding tert-OH is 1. The first-order valence-electron chi connectivity index (χ1n) is 7.67. The molecule has 0 bridgehead atoms. The third-order valence-electron chi connectivity index (χ3n) is 3.62. The molecule has 2 rings (SSSR count). The highest BCUT2D eigenvalue weighted by molar-refractivity contribution is 7.80. The second kappa shape index (κ2) is 8.09. The lowest BCUT2D eigenvalue weighted by Gasteiger charge is -2.16. The Hall–Kier alpha value is -1.91. The van der Waals surface area contributed by atoms with Crippen LogP contribution in [0.25, 0.3) is 0 Å². The van der Waals surface area contributed by atoms with Crippen LogP contribution in [-0.4, -0.2) is 10.2 Å². The Kier molecular flexibility index (Phi) is 6.13. The summed E-state index contributed by atoms with van der Waals surface area (Å²) < 4.78 is 11.7. The fourth-order valence-electron chi connectivity index (χ4n) is 2.32. The fourth-order valence-corrected chi connectivity index (χ4v) is 2.41. The summed E-state index contributed by atoms with van der Waals surface area (Å²) in [5.41, 5.74) is 3.89. The third-order valence-corrected chi connectivity index (χ3v) is 3.99. The molecule has 0 fully saturated rings. The number of rotatable bonds is 6. The van der Waals surface area contributed by atoms with Gasteiger partial charge in [-0.25, -0.2) is 0 Å². The van der Waals surface area contributed by atoms with Crippen molar-refractivity contribution in [1.29, 1.82) is 0 Å². The molecule has 0 amide bonds. The van der Waals surface area contributed by atoms with Crippen LogP contribution in [0.2, 0.25) is 0 Å². The van der Waals surface area contributed by atoms with E-state index in [9.17, 15) is 5.11 Å². The summed E-state index contributed by atoms with van der Waals surface area (Å²) in [4.78, 5) is 0. The molecule has 122 valence electrons. The summed E-state index contributed by atoms with van der Waals surface area (Å²) in [5, 5.41) is 10.1. The Labute approximate surface area is 142 Å². The van der Waals surface area contributed by atoms with Crippen LogP contribution >= 0.6 is 12.2 Å². The van der Waals surface area contributed by atoms with Crippen LogP contribution in [-0.2, 0) is 13.2 Å². The van der Waals surface area contributed by atoms with Gasteiger partial charge in [-0.3, -0.25) is 0 Å². The molecule has 0 aliphatic rings. The van der Waals surface area contributed by atoms with Gasteiger partial charge in [-0.15, -0.1) is 0 Å². The first-order chi connectivity index (χ1) is 11.0. The van der Waals surface area contributed by atoms with Gasteiger partial charge in [0.1, 0.15) is 18.1 Å². The minimum atomic E-state index is -0.0678. The molecule has 0 spiro atoms. The van der Waals surface area contributed by atoms with E-state index < -0.39 is 0 Å². The van der Waals surface area contributed by atoms with Crippen molar-refractivity contribution >= 4 is 17.3 Å². The largest absolute Gasteiger partial charge is 0.488 e. The third kappa shape index (κ3) is 4.53. The van der Waals surface area contributed by atoms with Gasteiger partial charge < -0.3 is 14.6 Å². The quantitative estimate of drug-likeness (QED) is 0.792. The molecule has 0 aromatic heterocycles. The smallest absolute Gasteiger partial charge is 0.167 e. The molecule has 0 aliphatic carbocycles. The molecule has 0 unspecified atom stereocenters. The van der Waals surface area contributed by atoms with Gasteiger partial charge in [0.05, 0.1) is 6.61 Å². The topological polar surface area (TPSA) is 38.7 Å². The normalized spacial score (nSPS) is 10.4. The van der Waals surface area contributed by atoms with Crippen LogP contribution in [0.5, 0.6) is 11.5 Å². The molecule has 1 N–H and O–H groups in total. The zero-order valence-electron chi connectivity index (χ0n) is 13.8. The van der Waals surface area contributed by atoms with Crippen molar-refractivity contribution in [3.05, 3.63) is 58.7 Å². The maximum Gasteiger partial charge on any atom is 0.167 e. The number of thiocarbonyl (C=S) groups is 1. The van der Waals surface area contributed by atoms with Gasteiger partial charge in [-0.1, -0.05) is 36.8 Å². The number of hydrogen-bond acceptors (Lipinski definition) is 4. The van der Waals surface area contributed by atoms with E-state index in [1.165, 1.54) is 5.56 Å². The maximum absolute atomic E-state index is 9.58. The van der Waals surface area contributed by atoms with Crippen molar-refractivity contribution in [2.24, 2.45) is 0 Å². The van der Waals surface area contributed by atoms with Gasteiger partial charge >= 0.3 is 0 Å². The number of ether oxygens (including phenoxy) is 2. The zero-order chi connectivity index (χ0) is 16.8. The Morgan fingerprint density at radius 3 is 2.57 bits per heavy atom. The minimum Gasteiger partial charge on any atom is -0.488 e. The van der Waals surface area contributed by atoms with Crippen molar-refractivity contribution in [3.63, 3.8) is 0 Å². The van der Waals surface area contributed by atoms with E-state index in [1.807, 2.05) is 44.2 Å². The molecule has 23 heavy (non-hydrogen) atoms. The van der Waals surface area contributed by atoms with Crippen LogP contribution in [0.1, 0.15) is 35.6 Å². The van der Waals surface area contributed by atoms with E-state index in [4.69, 9.17) is 21.7 Å². The highest BCUT2D eigenvalue weighted by Gasteiger charge is 2.12. The van der Waals surface area contributed by atoms with Gasteiger partial charge in [0.25, 0.3) is 0 Å². The van der Waals surface area contributed by atoms with E-state index >= 15 is 0 Å². The van der Waals surface area contributed by atoms with Crippen molar-refractivity contribution in [1.82, 2.24) is 0 Å². The number of hydrogen-bond donors (Lipinski definition) is 1. The van der Waals surface area contributed by atoms with Gasteiger partial charge in [-0.05, 0) is 49.3 Å². The summed E-state index contributed by atoms with van der Waals surface area (Å²) in [7, 11) is 0. The fraction of sp³-hybridized carbons (Fsp3) is 0.316. The van der Waals surface area contributed by atoms with Crippen molar-refractivity contribution < 1.29 is 14.6 Å². The molecule has 3 nitrogen and oxygen atoms in total. The number of benzene rings is 2. The Balaban J connectivity index is 2.24. The first-order valence-corrected chi connectivity index (χ1v) is 8.08. The average Bonchev–Trinajstić information content (AvgIpc) is 2.54. The van der Waals surface area contributed by atoms with Gasteiger partial charge in [0.15, 0.2) is 5.05 Å². The summed E-state index contributed by atoms with van der Waals surface area (Å²) in [6.07, 6.45) is 0.663. The van der Waals surface area contributed by atoms with E-state index in [2.05, 4.69) is 13.0 Å². The molecule has 0 radical (unpaired) electrons. The predicted octanol–water partition coefficient (Wildman–Crippen LogP) is 4.49. The summed E-state index contributed by atoms with van der Waals surface area (Å²) >= 11 is 5.16. The molecule has 0 saturated heterocycles. The lowest BCUT2D eigenvalue weighted by Crippen LogP contribution is -2.09. The molecular weight excluding hydrogens is 308 g/mol. The van der Waals surface area contributed by atoms with E-state index in [0.717, 1.165) is 22.4 Å². The summed E-state index contributed by atoms with van der Waals surface area (Å²) in [6.45, 7) is 6.27. The van der Waals surface area contributed by atoms with Crippen LogP contribution in [0, 0.1) is 13.8 Å². The number of aryl methyl sites for hydroxylation is 2. The van der Waals surface area contributed by atoms with E-state index in [1.54, 1.807) is 0 Å². The summed E-state index contributed by atoms with van der Waals surface area (Å²) in [5.74, 6) is 1.47. The van der Waals surface area contributed by atoms with Crippen LogP contribution in [0.15, 0.2) is 36.4 Å². The van der Waals surface area contributed by atoms with E-state index in [-0.39, 0.29) is 6.61 Å². The Morgan fingerprint density at radius 2 is 1.91 bits per heavy atom. The highest BCUT2D eigenvalue weighted by Crippen LogP contribution is 2.27. The molecule has 2 aromatic carbocycles. The molecule has 2 aromatic rings. The average molecular weight is 330 g/mol. The lowest BCUT2D eigenvalue weighted by atomic mass is 10.1. The lowest BCUT2D eigenvalue weighted by molar-refractivity contribution is 0.266. The van der Waals surface area contributed by atoms with Crippen LogP contribution in [0.3, 0.4) is 0 Å². The van der Waals surface area contributed by atoms with Crippen molar-refractivity contribution in [3.8, 4) is 11.5 Å². The Bertz CT molecular complexity index is 695. The molecular formula is C19H22O3S. The van der Waals surface area contributed by atoms with E-state index in [0.29, 0.717) is 23.8 Å². The minimum absolute atomic E-state index is 0.0678. The van der Waals surface area contributed by atoms with Crippen molar-refractivity contribution in [2.45, 2.75) is 40.4 Å². The Morgan fingerprint density at radius 1 is 1.13 bits per heavy atom. The van der Waals surface area contributed by atoms with Gasteiger partial charge in [0.2, 0.25) is 0 Å². The summed E-state index contributed by atoms with van der Waals surface area (Å²) in [6, 6.07) is 11.6. The molecule has 0 saturated carbocycles. The van der Waals surface area contributed by atoms with Crippen LogP contribution in [0.4, 0.5) is 0 Å². The predicted molar refractivity (Wildman–Crippen MR) is 96.1 cm³/mol. The molecule has 0 heterocycles. The second-order valence-electron chi connectivity index (χ2n) is 5.44. The first kappa shape index (κ1) is 17.4. The molecule has 0 atom stereocenters. The number of aliphatic hydroxyl groups is 1. The maximum atomic E-state index is 9.58.